The van der Waals surface area contributed by atoms with E-state index < -0.39 is 0 Å². The van der Waals surface area contributed by atoms with E-state index in [4.69, 9.17) is 53.7 Å². The predicted octanol–water partition coefficient (Wildman–Crippen LogP) is 29.7. The number of hydrogen-bond donors (Lipinski definition) is 0. The summed E-state index contributed by atoms with van der Waals surface area (Å²) in [5.41, 5.74) is 22.4. The Morgan fingerprint density at radius 1 is 0.203 bits per heavy atom. The molecule has 0 aliphatic rings. The Labute approximate surface area is 791 Å². The summed E-state index contributed by atoms with van der Waals surface area (Å²) in [4.78, 5) is 44.1. The molecule has 0 fully saturated rings. The molecule has 0 atom stereocenters. The Bertz CT molecular complexity index is 9720. The van der Waals surface area contributed by atoms with E-state index in [1.165, 1.54) is 36.5 Å². The van der Waals surface area contributed by atoms with E-state index in [1.807, 2.05) is 199 Å². The quantitative estimate of drug-likeness (QED) is 0.111. The SMILES string of the molecule is N#Cc1ccc(-c2nc(-c3ccccc3)nc(-c3cccc(-n4c5ccccc5c5ccc6c7ccccc7sc6c54)c3)n2)cc1.N#Cc1cccc(-c2nc(-c3ccccc3)nc(-c3ccc(-n4c5ccccc5c5ccc6c7ccccc7oc6c54)cc3)n2)c1.N#Cc1cccc(-c2nc(-c3ccccc3)nc(-c3cccc(-n4c5ccccc5c5ccc6c7ccccc7oc6c54)c3)n2)c1. The van der Waals surface area contributed by atoms with Crippen LogP contribution >= 0.6 is 11.3 Å². The molecule has 0 amide bonds. The molecule has 27 rings (SSSR count). The molecular weight excluding hydrogens is 1720 g/mol. The molecule has 0 saturated heterocycles. The molecule has 0 unspecified atom stereocenters. The molecule has 9 heterocycles. The number of furan rings is 2. The maximum atomic E-state index is 9.54. The highest BCUT2D eigenvalue weighted by molar-refractivity contribution is 7.26. The predicted molar refractivity (Wildman–Crippen MR) is 553 cm³/mol. The summed E-state index contributed by atoms with van der Waals surface area (Å²) < 4.78 is 22.5. The summed E-state index contributed by atoms with van der Waals surface area (Å²) in [7, 11) is 0. The second kappa shape index (κ2) is 33.8. The third-order valence-electron chi connectivity index (χ3n) is 25.4. The van der Waals surface area contributed by atoms with Crippen LogP contribution in [-0.2, 0) is 0 Å². The zero-order valence-electron chi connectivity index (χ0n) is 73.3. The van der Waals surface area contributed by atoms with Crippen LogP contribution in [0.1, 0.15) is 16.7 Å². The number of thiophene rings is 1. The molecule has 0 bridgehead atoms. The van der Waals surface area contributed by atoms with E-state index in [-0.39, 0.29) is 0 Å². The van der Waals surface area contributed by atoms with E-state index >= 15 is 0 Å². The van der Waals surface area contributed by atoms with Gasteiger partial charge in [0.05, 0.1) is 72.7 Å². The van der Waals surface area contributed by atoms with Crippen LogP contribution in [0.25, 0.3) is 249 Å². The summed E-state index contributed by atoms with van der Waals surface area (Å²) >= 11 is 1.84. The highest BCUT2D eigenvalue weighted by Crippen LogP contribution is 2.47. The number of rotatable bonds is 12. The maximum absolute atomic E-state index is 9.54. The smallest absolute Gasteiger partial charge is 0.164 e. The second-order valence-corrected chi connectivity index (χ2v) is 34.7. The molecule has 17 nitrogen and oxygen atoms in total. The van der Waals surface area contributed by atoms with Crippen molar-refractivity contribution in [2.24, 2.45) is 0 Å². The van der Waals surface area contributed by atoms with Crippen molar-refractivity contribution < 1.29 is 8.83 Å². The normalized spacial score (nSPS) is 11.5. The van der Waals surface area contributed by atoms with E-state index in [0.29, 0.717) is 69.1 Å². The summed E-state index contributed by atoms with van der Waals surface area (Å²) in [6, 6.07) is 147. The molecule has 0 aliphatic carbocycles. The lowest BCUT2D eigenvalue weighted by molar-refractivity contribution is 0.670. The van der Waals surface area contributed by atoms with Gasteiger partial charge in [-0.2, -0.15) is 15.8 Å². The summed E-state index contributed by atoms with van der Waals surface area (Å²) in [5.74, 6) is 5.00. The summed E-state index contributed by atoms with van der Waals surface area (Å²) in [5, 5.41) is 42.3. The first-order chi connectivity index (χ1) is 68.2. The van der Waals surface area contributed by atoms with Crippen LogP contribution in [-0.4, -0.2) is 58.6 Å². The fourth-order valence-electron chi connectivity index (χ4n) is 19.0. The van der Waals surface area contributed by atoms with Gasteiger partial charge < -0.3 is 22.5 Å². The number of benzene rings is 18. The standard InChI is InChI=1S/2C40H23N5O.C40H23N5S/c41-24-25-10-8-13-27(22-25)39-42-38(26-11-2-1-3-12-26)43-40(44-39)28-14-9-15-29(23-28)45-34-18-6-4-16-30(34)32-20-21-33-31-17-5-7-19-35(31)46-37(33)36(32)45;41-24-25-9-8-12-28(23-25)40-43-38(26-10-2-1-3-11-26)42-39(44-40)27-17-19-29(20-18-27)45-34-15-6-4-13-30(34)32-21-22-33-31-14-5-7-16-35(31)46-37(33)36(32)45;41-24-25-17-19-27(20-18-25)39-42-38(26-9-2-1-3-10-26)43-40(44-39)28-11-8-12-29(23-28)45-34-15-6-4-13-30(34)32-21-22-33-31-14-5-7-16-35(31)46-37(33)36(32)45/h3*1-23H. The highest BCUT2D eigenvalue weighted by Gasteiger charge is 2.26. The van der Waals surface area contributed by atoms with Crippen LogP contribution in [0.4, 0.5) is 0 Å². The zero-order chi connectivity index (χ0) is 91.8. The average molecular weight is 1790 g/mol. The van der Waals surface area contributed by atoms with E-state index in [9.17, 15) is 15.8 Å². The van der Waals surface area contributed by atoms with Crippen molar-refractivity contribution in [3.05, 3.63) is 435 Å². The maximum Gasteiger partial charge on any atom is 0.164 e. The number of para-hydroxylation sites is 5. The largest absolute Gasteiger partial charge is 0.454 e. The first kappa shape index (κ1) is 80.7. The molecule has 18 heteroatoms. The van der Waals surface area contributed by atoms with Gasteiger partial charge in [-0.3, -0.25) is 0 Å². The van der Waals surface area contributed by atoms with Gasteiger partial charge in [0.15, 0.2) is 63.6 Å². The third-order valence-corrected chi connectivity index (χ3v) is 26.6. The fourth-order valence-corrected chi connectivity index (χ4v) is 20.3. The number of hydrogen-bond acceptors (Lipinski definition) is 15. The number of nitrogens with zero attached hydrogens (tertiary/aromatic N) is 15. The molecule has 18 aromatic carbocycles. The lowest BCUT2D eigenvalue weighted by Crippen LogP contribution is -2.01. The van der Waals surface area contributed by atoms with Crippen molar-refractivity contribution in [1.29, 1.82) is 15.8 Å². The minimum atomic E-state index is 0.507. The fraction of sp³-hybridized carbons (Fsp3) is 0. The van der Waals surface area contributed by atoms with Crippen molar-refractivity contribution >= 4 is 141 Å². The number of nitriles is 3. The minimum Gasteiger partial charge on any atom is -0.454 e. The van der Waals surface area contributed by atoms with E-state index in [0.717, 1.165) is 160 Å². The van der Waals surface area contributed by atoms with Gasteiger partial charge in [-0.1, -0.05) is 273 Å². The Morgan fingerprint density at radius 3 is 0.913 bits per heavy atom. The molecular formula is C120H69N15O2S. The number of aromatic nitrogens is 12. The van der Waals surface area contributed by atoms with Crippen molar-refractivity contribution in [1.82, 2.24) is 58.6 Å². The Hall–Kier alpha value is -19.3. The van der Waals surface area contributed by atoms with Crippen molar-refractivity contribution in [2.75, 3.05) is 0 Å². The van der Waals surface area contributed by atoms with Crippen LogP contribution in [0.3, 0.4) is 0 Å². The van der Waals surface area contributed by atoms with Gasteiger partial charge >= 0.3 is 0 Å². The van der Waals surface area contributed by atoms with Gasteiger partial charge in [0, 0.05) is 136 Å². The van der Waals surface area contributed by atoms with Crippen LogP contribution in [0, 0.1) is 34.0 Å². The van der Waals surface area contributed by atoms with Crippen LogP contribution in [0.2, 0.25) is 0 Å². The first-order valence-corrected chi connectivity index (χ1v) is 45.9. The monoisotopic (exact) mass is 1780 g/mol. The third kappa shape index (κ3) is 14.2. The molecule has 642 valence electrons. The molecule has 27 aromatic rings. The molecule has 0 saturated carbocycles. The van der Waals surface area contributed by atoms with Gasteiger partial charge in [-0.25, -0.2) is 44.9 Å². The molecule has 0 radical (unpaired) electrons. The van der Waals surface area contributed by atoms with Crippen molar-refractivity contribution in [3.63, 3.8) is 0 Å². The molecule has 0 spiro atoms. The van der Waals surface area contributed by atoms with Crippen molar-refractivity contribution in [3.8, 4) is 138 Å². The Kier molecular flexibility index (Phi) is 19.8. The van der Waals surface area contributed by atoms with E-state index in [2.05, 4.69) is 226 Å². The average Bonchev–Trinajstić information content (AvgIpc) is 1.57. The number of fused-ring (bicyclic) bond motifs is 21. The summed E-state index contributed by atoms with van der Waals surface area (Å²) in [6.45, 7) is 0. The Morgan fingerprint density at radius 2 is 0.500 bits per heavy atom. The molecule has 0 aliphatic heterocycles. The van der Waals surface area contributed by atoms with Gasteiger partial charge in [0.2, 0.25) is 0 Å². The molecule has 9 aromatic heterocycles. The van der Waals surface area contributed by atoms with Crippen LogP contribution < -0.4 is 0 Å². The van der Waals surface area contributed by atoms with Crippen LogP contribution in [0.15, 0.2) is 427 Å². The zero-order valence-corrected chi connectivity index (χ0v) is 74.1. The molecule has 0 N–H and O–H groups in total. The van der Waals surface area contributed by atoms with Gasteiger partial charge in [-0.15, -0.1) is 11.3 Å². The lowest BCUT2D eigenvalue weighted by Gasteiger charge is -2.12. The first-order valence-electron chi connectivity index (χ1n) is 45.0. The second-order valence-electron chi connectivity index (χ2n) is 33.6. The van der Waals surface area contributed by atoms with Crippen LogP contribution in [0.5, 0.6) is 0 Å². The van der Waals surface area contributed by atoms with Gasteiger partial charge in [0.25, 0.3) is 0 Å². The summed E-state index contributed by atoms with van der Waals surface area (Å²) in [6.07, 6.45) is 0. The van der Waals surface area contributed by atoms with Gasteiger partial charge in [-0.05, 0) is 146 Å². The highest BCUT2D eigenvalue weighted by atomic mass is 32.1. The molecule has 138 heavy (non-hydrogen) atoms. The Balaban J connectivity index is 0.000000110. The minimum absolute atomic E-state index is 0.507. The van der Waals surface area contributed by atoms with E-state index in [1.54, 1.807) is 36.4 Å². The van der Waals surface area contributed by atoms with Gasteiger partial charge in [0.1, 0.15) is 11.2 Å². The topological polar surface area (TPSA) is 228 Å². The lowest BCUT2D eigenvalue weighted by atomic mass is 10.1. The van der Waals surface area contributed by atoms with Crippen molar-refractivity contribution in [2.45, 2.75) is 0 Å².